The van der Waals surface area contributed by atoms with E-state index in [0.717, 1.165) is 0 Å². The summed E-state index contributed by atoms with van der Waals surface area (Å²) in [6, 6.07) is 0. The molecule has 1 spiro atoms. The summed E-state index contributed by atoms with van der Waals surface area (Å²) in [6.45, 7) is 5.65. The van der Waals surface area contributed by atoms with E-state index in [1.165, 1.54) is 19.9 Å². The minimum Gasteiger partial charge on any atom is -0.461 e. The summed E-state index contributed by atoms with van der Waals surface area (Å²) in [5.41, 5.74) is -5.72. The lowest BCUT2D eigenvalue weighted by Gasteiger charge is -2.64. The van der Waals surface area contributed by atoms with Crippen molar-refractivity contribution in [2.24, 2.45) is 46.3 Å². The van der Waals surface area contributed by atoms with Gasteiger partial charge in [0.2, 0.25) is 0 Å². The number of aliphatic hydroxyl groups excluding tert-OH is 1. The SMILES string of the molecule is CC1=C2C3=C4[C@](C)([C@@H]5C[C@@H]5[C@@]4(O)C[C@@H]4[C@]35OC(=O)C3=C5C[C@H]5[C@](O)(COC(=O)/C(C)=C/COC(=O)CCC(=O)OC3)[C@H]3C[C@H]3[C@]45C)[C@@H](O)[C@@]2(O)OC1=O. The van der Waals surface area contributed by atoms with Crippen molar-refractivity contribution in [3.63, 3.8) is 0 Å². The van der Waals surface area contributed by atoms with Gasteiger partial charge in [-0.15, -0.1) is 0 Å². The molecule has 0 saturated heterocycles. The largest absolute Gasteiger partial charge is 0.461 e. The van der Waals surface area contributed by atoms with Crippen LogP contribution in [-0.4, -0.2) is 98.8 Å². The summed E-state index contributed by atoms with van der Waals surface area (Å²) < 4.78 is 28.8. The molecule has 13 atom stereocenters. The molecule has 2 bridgehead atoms. The van der Waals surface area contributed by atoms with Gasteiger partial charge in [0.05, 0.1) is 24.0 Å². The fraction of sp³-hybridized carbons (Fsp3) is 0.667. The van der Waals surface area contributed by atoms with Gasteiger partial charge in [0.1, 0.15) is 31.5 Å². The van der Waals surface area contributed by atoms with Gasteiger partial charge >= 0.3 is 29.8 Å². The molecule has 0 aromatic rings. The van der Waals surface area contributed by atoms with Gasteiger partial charge in [-0.2, -0.15) is 0 Å². The van der Waals surface area contributed by atoms with Gasteiger partial charge in [-0.3, -0.25) is 9.59 Å². The van der Waals surface area contributed by atoms with E-state index in [2.05, 4.69) is 0 Å². The maximum atomic E-state index is 14.4. The van der Waals surface area contributed by atoms with Crippen LogP contribution in [0, 0.1) is 46.3 Å². The predicted octanol–water partition coefficient (Wildman–Crippen LogP) is 0.995. The Morgan fingerprint density at radius 1 is 0.774 bits per heavy atom. The summed E-state index contributed by atoms with van der Waals surface area (Å²) >= 11 is 0. The number of hydrogen-bond donors (Lipinski definition) is 4. The van der Waals surface area contributed by atoms with Gasteiger partial charge in [-0.05, 0) is 85.8 Å². The van der Waals surface area contributed by atoms with Gasteiger partial charge in [0.25, 0.3) is 5.79 Å². The van der Waals surface area contributed by atoms with Crippen LogP contribution in [0.25, 0.3) is 0 Å². The highest BCUT2D eigenvalue weighted by Crippen LogP contribution is 2.84. The van der Waals surface area contributed by atoms with Crippen LogP contribution in [0.1, 0.15) is 66.2 Å². The molecule has 14 heteroatoms. The Morgan fingerprint density at radius 2 is 1.47 bits per heavy atom. The molecule has 3 aliphatic heterocycles. The summed E-state index contributed by atoms with van der Waals surface area (Å²) in [7, 11) is 0. The molecule has 282 valence electrons. The fourth-order valence-corrected chi connectivity index (χ4v) is 13.2. The van der Waals surface area contributed by atoms with E-state index >= 15 is 0 Å². The number of fused-ring (bicyclic) bond motifs is 9. The number of aliphatic hydroxyl groups is 4. The van der Waals surface area contributed by atoms with Crippen LogP contribution in [0.4, 0.5) is 0 Å². The molecule has 0 radical (unpaired) electrons. The molecular weight excluding hydrogens is 692 g/mol. The Morgan fingerprint density at radius 3 is 2.21 bits per heavy atom. The number of carbonyl (C=O) groups is 5. The Kier molecular flexibility index (Phi) is 6.27. The average Bonchev–Trinajstić information content (AvgIpc) is 4.01. The molecule has 0 amide bonds. The highest BCUT2D eigenvalue weighted by Gasteiger charge is 2.87. The van der Waals surface area contributed by atoms with Gasteiger partial charge in [0, 0.05) is 39.5 Å². The van der Waals surface area contributed by atoms with E-state index in [4.69, 9.17) is 23.7 Å². The summed E-state index contributed by atoms with van der Waals surface area (Å²) in [5.74, 6) is -8.71. The molecule has 5 fully saturated rings. The fourth-order valence-electron chi connectivity index (χ4n) is 13.2. The lowest BCUT2D eigenvalue weighted by Crippen LogP contribution is -2.69. The monoisotopic (exact) mass is 734 g/mol. The molecule has 0 aromatic heterocycles. The smallest absolute Gasteiger partial charge is 0.338 e. The van der Waals surface area contributed by atoms with Gasteiger partial charge < -0.3 is 44.1 Å². The summed E-state index contributed by atoms with van der Waals surface area (Å²) in [5, 5.41) is 50.2. The van der Waals surface area contributed by atoms with E-state index in [9.17, 15) is 44.4 Å². The number of ether oxygens (including phenoxy) is 5. The van der Waals surface area contributed by atoms with Crippen molar-refractivity contribution in [1.82, 2.24) is 0 Å². The summed E-state index contributed by atoms with van der Waals surface area (Å²) in [6.07, 6.45) is 0.362. The second-order valence-corrected chi connectivity index (χ2v) is 17.6. The second kappa shape index (κ2) is 9.87. The first-order valence-corrected chi connectivity index (χ1v) is 18.6. The minimum absolute atomic E-state index is 0.00694. The Labute approximate surface area is 303 Å². The zero-order valence-corrected chi connectivity index (χ0v) is 29.9. The predicted molar refractivity (Wildman–Crippen MR) is 174 cm³/mol. The van der Waals surface area contributed by atoms with Crippen LogP contribution in [0.2, 0.25) is 0 Å². The molecule has 7 aliphatic carbocycles. The second-order valence-electron chi connectivity index (χ2n) is 17.6. The Balaban J connectivity index is 1.21. The number of carbonyl (C=O) groups excluding carboxylic acids is 5. The van der Waals surface area contributed by atoms with Crippen LogP contribution >= 0.6 is 0 Å². The Bertz CT molecular complexity index is 2020. The van der Waals surface area contributed by atoms with Gasteiger partial charge in [-0.1, -0.05) is 13.8 Å². The average molecular weight is 735 g/mol. The van der Waals surface area contributed by atoms with Crippen molar-refractivity contribution in [2.45, 2.75) is 94.9 Å². The molecule has 0 aromatic carbocycles. The van der Waals surface area contributed by atoms with E-state index in [1.807, 2.05) is 6.92 Å². The van der Waals surface area contributed by atoms with Crippen LogP contribution in [-0.2, 0) is 47.7 Å². The molecule has 3 heterocycles. The van der Waals surface area contributed by atoms with Crippen LogP contribution in [0.3, 0.4) is 0 Å². The first kappa shape index (κ1) is 33.7. The lowest BCUT2D eigenvalue weighted by molar-refractivity contribution is -0.244. The van der Waals surface area contributed by atoms with Crippen molar-refractivity contribution in [3.8, 4) is 0 Å². The van der Waals surface area contributed by atoms with Crippen LogP contribution in [0.15, 0.2) is 45.1 Å². The molecule has 0 unspecified atom stereocenters. The van der Waals surface area contributed by atoms with Crippen LogP contribution < -0.4 is 0 Å². The first-order chi connectivity index (χ1) is 24.9. The topological polar surface area (TPSA) is 212 Å². The molecule has 10 aliphatic rings. The lowest BCUT2D eigenvalue weighted by atomic mass is 9.42. The van der Waals surface area contributed by atoms with Gasteiger partial charge in [0.15, 0.2) is 5.60 Å². The normalized spacial score (nSPS) is 51.7. The van der Waals surface area contributed by atoms with E-state index in [0.29, 0.717) is 24.0 Å². The number of rotatable bonds is 0. The molecule has 14 nitrogen and oxygen atoms in total. The third-order valence-corrected chi connectivity index (χ3v) is 15.6. The zero-order chi connectivity index (χ0) is 37.6. The van der Waals surface area contributed by atoms with Crippen LogP contribution in [0.5, 0.6) is 0 Å². The van der Waals surface area contributed by atoms with E-state index in [-0.39, 0.29) is 90.4 Å². The zero-order valence-electron chi connectivity index (χ0n) is 29.9. The number of esters is 5. The molecule has 10 rings (SSSR count). The van der Waals surface area contributed by atoms with Gasteiger partial charge in [-0.25, -0.2) is 14.4 Å². The Hall–Kier alpha value is -3.85. The maximum Gasteiger partial charge on any atom is 0.338 e. The quantitative estimate of drug-likeness (QED) is 0.202. The van der Waals surface area contributed by atoms with Crippen molar-refractivity contribution in [2.75, 3.05) is 19.8 Å². The van der Waals surface area contributed by atoms with Crippen molar-refractivity contribution in [1.29, 1.82) is 0 Å². The molecule has 4 N–H and O–H groups in total. The van der Waals surface area contributed by atoms with E-state index in [1.54, 1.807) is 6.92 Å². The molecule has 53 heavy (non-hydrogen) atoms. The standard InChI is InChI=1S/C39H42O14/c1-15-7-8-49-25(40)5-6-26(41)50-13-17-18-11-23-34(3,19-9-22(19)37(23,47)14-51-30(15)42)24-12-36(46)21-10-20(21)35(4)29(36)28(38(18,24)52-32(17)44)27-16(2)31(43)53-39(27,48)33(35)45/h7,19-24,33,45-48H,5-6,8-14H2,1-4H3/b15-7+/t19-,20-,21+,22+,23-,24+,33-,34+,35+,36+,37+,38+,39+/m1/s1. The summed E-state index contributed by atoms with van der Waals surface area (Å²) in [4.78, 5) is 66.3. The molecular formula is C39H42O14. The first-order valence-electron chi connectivity index (χ1n) is 18.6. The number of hydrogen-bond acceptors (Lipinski definition) is 14. The number of cyclic esters (lactones) is 3. The van der Waals surface area contributed by atoms with E-state index < -0.39 is 87.8 Å². The van der Waals surface area contributed by atoms with Crippen molar-refractivity contribution in [3.05, 3.63) is 45.1 Å². The van der Waals surface area contributed by atoms with Crippen molar-refractivity contribution >= 4 is 29.8 Å². The maximum absolute atomic E-state index is 14.4. The highest BCUT2D eigenvalue weighted by molar-refractivity contribution is 5.98. The minimum atomic E-state index is -2.51. The highest BCUT2D eigenvalue weighted by atomic mass is 16.7. The molecule has 5 saturated carbocycles. The third-order valence-electron chi connectivity index (χ3n) is 15.6. The van der Waals surface area contributed by atoms with Crippen molar-refractivity contribution < 1.29 is 68.1 Å². The third kappa shape index (κ3) is 3.67.